The van der Waals surface area contributed by atoms with Crippen LogP contribution in [0.5, 0.6) is 0 Å². The molecule has 1 aliphatic rings. The highest BCUT2D eigenvalue weighted by Crippen LogP contribution is 2.35. The second kappa shape index (κ2) is 6.08. The molecule has 0 amide bonds. The molecule has 1 nitrogen and oxygen atoms in total. The summed E-state index contributed by atoms with van der Waals surface area (Å²) in [6, 6.07) is 5.17. The first-order valence-corrected chi connectivity index (χ1v) is 9.33. The van der Waals surface area contributed by atoms with Crippen molar-refractivity contribution in [3.05, 3.63) is 42.2 Å². The summed E-state index contributed by atoms with van der Waals surface area (Å²) in [4.78, 5) is 4.60. The van der Waals surface area contributed by atoms with Crippen LogP contribution in [0.25, 0.3) is 0 Å². The minimum absolute atomic E-state index is 0.478. The first-order valence-electron chi connectivity index (χ1n) is 6.84. The van der Waals surface area contributed by atoms with Gasteiger partial charge in [0.2, 0.25) is 0 Å². The lowest BCUT2D eigenvalue weighted by Gasteiger charge is -2.15. The molecule has 0 fully saturated rings. The average molecular weight is 356 g/mol. The van der Waals surface area contributed by atoms with Crippen molar-refractivity contribution in [3.63, 3.8) is 0 Å². The van der Waals surface area contributed by atoms with Crippen LogP contribution in [-0.4, -0.2) is 6.54 Å². The van der Waals surface area contributed by atoms with Crippen LogP contribution in [-0.2, 0) is 19.3 Å². The number of hydrogen-bond acceptors (Lipinski definition) is 3. The number of halogens is 1. The highest BCUT2D eigenvalue weighted by atomic mass is 79.9. The summed E-state index contributed by atoms with van der Waals surface area (Å²) in [6.07, 6.45) is 5.04. The van der Waals surface area contributed by atoms with Crippen molar-refractivity contribution >= 4 is 38.6 Å². The van der Waals surface area contributed by atoms with E-state index in [2.05, 4.69) is 45.7 Å². The number of thiophene rings is 2. The zero-order valence-electron chi connectivity index (χ0n) is 11.0. The predicted molar refractivity (Wildman–Crippen MR) is 88.5 cm³/mol. The first-order chi connectivity index (χ1) is 9.26. The summed E-state index contributed by atoms with van der Waals surface area (Å²) in [5.74, 6) is 0. The monoisotopic (exact) mass is 355 g/mol. The van der Waals surface area contributed by atoms with E-state index in [-0.39, 0.29) is 0 Å². The zero-order chi connectivity index (χ0) is 13.2. The van der Waals surface area contributed by atoms with E-state index >= 15 is 0 Å². The van der Waals surface area contributed by atoms with Crippen LogP contribution in [0.15, 0.2) is 22.0 Å². The molecule has 0 saturated carbocycles. The second-order valence-electron chi connectivity index (χ2n) is 5.00. The molecule has 2 aromatic heterocycles. The van der Waals surface area contributed by atoms with Crippen LogP contribution in [0.4, 0.5) is 0 Å². The Bertz CT molecular complexity index is 537. The SMILES string of the molecule is CCNC(Cc1cc(Br)cs1)c1cc2c(s1)CCC2. The number of rotatable bonds is 5. The number of hydrogen-bond donors (Lipinski definition) is 1. The Labute approximate surface area is 131 Å². The maximum absolute atomic E-state index is 3.65. The van der Waals surface area contributed by atoms with Gasteiger partial charge in [-0.2, -0.15) is 0 Å². The molecule has 1 N–H and O–H groups in total. The molecule has 102 valence electrons. The summed E-state index contributed by atoms with van der Waals surface area (Å²) in [6.45, 7) is 3.22. The highest BCUT2D eigenvalue weighted by Gasteiger charge is 2.20. The van der Waals surface area contributed by atoms with E-state index in [0.29, 0.717) is 6.04 Å². The summed E-state index contributed by atoms with van der Waals surface area (Å²) in [5, 5.41) is 5.82. The van der Waals surface area contributed by atoms with Gasteiger partial charge in [-0.05, 0) is 59.4 Å². The van der Waals surface area contributed by atoms with E-state index in [9.17, 15) is 0 Å². The van der Waals surface area contributed by atoms with Crippen molar-refractivity contribution < 1.29 is 0 Å². The smallest absolute Gasteiger partial charge is 0.0463 e. The molecule has 2 heterocycles. The van der Waals surface area contributed by atoms with Crippen LogP contribution in [0.3, 0.4) is 0 Å². The number of fused-ring (bicyclic) bond motifs is 1. The first kappa shape index (κ1) is 13.8. The fraction of sp³-hybridized carbons (Fsp3) is 0.467. The third-order valence-corrected chi connectivity index (χ3v) is 6.66. The van der Waals surface area contributed by atoms with Gasteiger partial charge in [-0.15, -0.1) is 22.7 Å². The van der Waals surface area contributed by atoms with Gasteiger partial charge in [-0.1, -0.05) is 6.92 Å². The zero-order valence-corrected chi connectivity index (χ0v) is 14.3. The van der Waals surface area contributed by atoms with E-state index < -0.39 is 0 Å². The summed E-state index contributed by atoms with van der Waals surface area (Å²) in [5.41, 5.74) is 1.61. The molecule has 4 heteroatoms. The van der Waals surface area contributed by atoms with Gasteiger partial charge in [-0.25, -0.2) is 0 Å². The van der Waals surface area contributed by atoms with E-state index in [1.165, 1.54) is 33.5 Å². The van der Waals surface area contributed by atoms with Crippen LogP contribution in [0.1, 0.15) is 39.6 Å². The molecular formula is C15H18BrNS2. The molecule has 0 aliphatic heterocycles. The van der Waals surface area contributed by atoms with Gasteiger partial charge in [0.25, 0.3) is 0 Å². The minimum atomic E-state index is 0.478. The topological polar surface area (TPSA) is 12.0 Å². The molecule has 0 aromatic carbocycles. The quantitative estimate of drug-likeness (QED) is 0.799. The second-order valence-corrected chi connectivity index (χ2v) is 8.08. The van der Waals surface area contributed by atoms with Gasteiger partial charge in [-0.3, -0.25) is 0 Å². The van der Waals surface area contributed by atoms with Crippen molar-refractivity contribution in [1.29, 1.82) is 0 Å². The lowest BCUT2D eigenvalue weighted by molar-refractivity contribution is 0.561. The Kier molecular flexibility index (Phi) is 4.42. The summed E-state index contributed by atoms with van der Waals surface area (Å²) in [7, 11) is 0. The van der Waals surface area contributed by atoms with Crippen LogP contribution < -0.4 is 5.32 Å². The van der Waals surface area contributed by atoms with Gasteiger partial charge < -0.3 is 5.32 Å². The minimum Gasteiger partial charge on any atom is -0.309 e. The summed E-state index contributed by atoms with van der Waals surface area (Å²) >= 11 is 7.42. The number of nitrogens with one attached hydrogen (secondary N) is 1. The maximum Gasteiger partial charge on any atom is 0.0463 e. The molecule has 0 saturated heterocycles. The van der Waals surface area contributed by atoms with Crippen molar-refractivity contribution in [2.75, 3.05) is 6.54 Å². The molecule has 1 aliphatic carbocycles. The lowest BCUT2D eigenvalue weighted by Crippen LogP contribution is -2.21. The Balaban J connectivity index is 1.79. The van der Waals surface area contributed by atoms with Gasteiger partial charge in [0.15, 0.2) is 0 Å². The fourth-order valence-corrected chi connectivity index (χ4v) is 5.54. The molecule has 0 spiro atoms. The van der Waals surface area contributed by atoms with Gasteiger partial charge in [0.1, 0.15) is 0 Å². The third-order valence-electron chi connectivity index (χ3n) is 3.59. The molecule has 1 atom stereocenters. The largest absolute Gasteiger partial charge is 0.309 e. The normalized spacial score (nSPS) is 15.7. The Morgan fingerprint density at radius 2 is 2.26 bits per heavy atom. The lowest BCUT2D eigenvalue weighted by atomic mass is 10.1. The van der Waals surface area contributed by atoms with Crippen molar-refractivity contribution in [2.24, 2.45) is 0 Å². The molecule has 2 aromatic rings. The number of likely N-dealkylation sites (N-methyl/N-ethyl adjacent to an activating group) is 1. The average Bonchev–Trinajstić information content (AvgIpc) is 3.03. The summed E-state index contributed by atoms with van der Waals surface area (Å²) < 4.78 is 1.21. The highest BCUT2D eigenvalue weighted by molar-refractivity contribution is 9.10. The van der Waals surface area contributed by atoms with Crippen LogP contribution in [0.2, 0.25) is 0 Å². The van der Waals surface area contributed by atoms with Gasteiger partial charge in [0, 0.05) is 36.9 Å². The van der Waals surface area contributed by atoms with E-state index in [4.69, 9.17) is 0 Å². The Morgan fingerprint density at radius 3 is 2.95 bits per heavy atom. The molecule has 1 unspecified atom stereocenters. The predicted octanol–water partition coefficient (Wildman–Crippen LogP) is 4.95. The maximum atomic E-state index is 3.65. The van der Waals surface area contributed by atoms with E-state index in [1.54, 1.807) is 10.4 Å². The standard InChI is InChI=1S/C15H18BrNS2/c1-2-17-13(8-12-7-11(16)9-18-12)15-6-10-4-3-5-14(10)19-15/h6-7,9,13,17H,2-5,8H2,1H3. The van der Waals surface area contributed by atoms with Gasteiger partial charge >= 0.3 is 0 Å². The fourth-order valence-electron chi connectivity index (χ4n) is 2.71. The van der Waals surface area contributed by atoms with E-state index in [1.807, 2.05) is 22.7 Å². The molecule has 19 heavy (non-hydrogen) atoms. The van der Waals surface area contributed by atoms with Crippen LogP contribution >= 0.6 is 38.6 Å². The van der Waals surface area contributed by atoms with Crippen LogP contribution in [0, 0.1) is 0 Å². The van der Waals surface area contributed by atoms with E-state index in [0.717, 1.165) is 13.0 Å². The Morgan fingerprint density at radius 1 is 1.37 bits per heavy atom. The molecule has 0 radical (unpaired) electrons. The van der Waals surface area contributed by atoms with Crippen molar-refractivity contribution in [3.8, 4) is 0 Å². The molecule has 0 bridgehead atoms. The Hall–Kier alpha value is -0.160. The van der Waals surface area contributed by atoms with Gasteiger partial charge in [0.05, 0.1) is 0 Å². The molecule has 3 rings (SSSR count). The van der Waals surface area contributed by atoms with Crippen molar-refractivity contribution in [1.82, 2.24) is 5.32 Å². The third kappa shape index (κ3) is 3.13. The van der Waals surface area contributed by atoms with Crippen molar-refractivity contribution in [2.45, 2.75) is 38.6 Å². The molecular weight excluding hydrogens is 338 g/mol. The number of aryl methyl sites for hydroxylation is 2.